The van der Waals surface area contributed by atoms with Gasteiger partial charge < -0.3 is 16.4 Å². The van der Waals surface area contributed by atoms with E-state index in [1.54, 1.807) is 0 Å². The lowest BCUT2D eigenvalue weighted by atomic mass is 10.1. The van der Waals surface area contributed by atoms with Crippen LogP contribution in [-0.2, 0) is 9.59 Å². The summed E-state index contributed by atoms with van der Waals surface area (Å²) in [6, 6.07) is 6.19. The molecule has 0 radical (unpaired) electrons. The van der Waals surface area contributed by atoms with E-state index in [-0.39, 0.29) is 18.7 Å². The molecule has 7 nitrogen and oxygen atoms in total. The lowest BCUT2D eigenvalue weighted by Crippen LogP contribution is -2.40. The molecule has 1 rings (SSSR count). The first-order chi connectivity index (χ1) is 8.97. The molecule has 0 spiro atoms. The molecule has 19 heavy (non-hydrogen) atoms. The second kappa shape index (κ2) is 6.16. The largest absolute Gasteiger partial charge is 0.368 e. The zero-order chi connectivity index (χ0) is 14.4. The number of primary amides is 2. The molecule has 2 amide bonds. The SMILES string of the molecule is N#Cc1cc(C=O)ccc1N(CC(N)=O)CC(N)=O. The maximum absolute atomic E-state index is 11.0. The Hall–Kier alpha value is -2.88. The summed E-state index contributed by atoms with van der Waals surface area (Å²) in [5, 5.41) is 9.03. The summed E-state index contributed by atoms with van der Waals surface area (Å²) in [4.78, 5) is 33.9. The molecule has 4 N–H and O–H groups in total. The normalized spacial score (nSPS) is 9.42. The highest BCUT2D eigenvalue weighted by molar-refractivity contribution is 5.86. The van der Waals surface area contributed by atoms with Crippen molar-refractivity contribution < 1.29 is 14.4 Å². The van der Waals surface area contributed by atoms with Crippen LogP contribution in [0.2, 0.25) is 0 Å². The van der Waals surface area contributed by atoms with Crippen molar-refractivity contribution in [2.75, 3.05) is 18.0 Å². The molecular formula is C12H12N4O3. The third-order valence-electron chi connectivity index (χ3n) is 2.31. The van der Waals surface area contributed by atoms with Gasteiger partial charge in [-0.25, -0.2) is 0 Å². The third-order valence-corrected chi connectivity index (χ3v) is 2.31. The number of benzene rings is 1. The molecule has 0 fully saturated rings. The van der Waals surface area contributed by atoms with E-state index in [4.69, 9.17) is 16.7 Å². The van der Waals surface area contributed by atoms with Crippen LogP contribution in [0.1, 0.15) is 15.9 Å². The number of amides is 2. The van der Waals surface area contributed by atoms with Crippen molar-refractivity contribution >= 4 is 23.8 Å². The fourth-order valence-corrected chi connectivity index (χ4v) is 1.59. The average Bonchev–Trinajstić information content (AvgIpc) is 2.36. The molecule has 0 saturated heterocycles. The molecule has 1 aromatic rings. The van der Waals surface area contributed by atoms with Gasteiger partial charge in [0.1, 0.15) is 12.4 Å². The molecule has 0 heterocycles. The minimum absolute atomic E-state index is 0.159. The van der Waals surface area contributed by atoms with E-state index in [9.17, 15) is 14.4 Å². The van der Waals surface area contributed by atoms with Crippen LogP contribution in [-0.4, -0.2) is 31.2 Å². The fourth-order valence-electron chi connectivity index (χ4n) is 1.59. The van der Waals surface area contributed by atoms with E-state index in [0.29, 0.717) is 17.5 Å². The van der Waals surface area contributed by atoms with Crippen molar-refractivity contribution in [2.45, 2.75) is 0 Å². The predicted octanol–water partition coefficient (Wildman–Crippen LogP) is -0.852. The Kier molecular flexibility index (Phi) is 4.60. The Morgan fingerprint density at radius 2 is 1.84 bits per heavy atom. The summed E-state index contributed by atoms with van der Waals surface area (Å²) in [6.45, 7) is -0.504. The van der Waals surface area contributed by atoms with Crippen LogP contribution < -0.4 is 16.4 Å². The highest BCUT2D eigenvalue weighted by Crippen LogP contribution is 2.20. The van der Waals surface area contributed by atoms with Gasteiger partial charge in [0.25, 0.3) is 0 Å². The lowest BCUT2D eigenvalue weighted by Gasteiger charge is -2.22. The minimum atomic E-state index is -0.662. The predicted molar refractivity (Wildman–Crippen MR) is 67.1 cm³/mol. The van der Waals surface area contributed by atoms with Crippen molar-refractivity contribution in [1.29, 1.82) is 5.26 Å². The quantitative estimate of drug-likeness (QED) is 0.643. The summed E-state index contributed by atoms with van der Waals surface area (Å²) < 4.78 is 0. The number of carbonyl (C=O) groups excluding carboxylic acids is 3. The van der Waals surface area contributed by atoms with Gasteiger partial charge in [-0.2, -0.15) is 5.26 Å². The Morgan fingerprint density at radius 3 is 2.26 bits per heavy atom. The maximum Gasteiger partial charge on any atom is 0.236 e. The molecule has 1 aromatic carbocycles. The monoisotopic (exact) mass is 260 g/mol. The number of carbonyl (C=O) groups is 3. The highest BCUT2D eigenvalue weighted by atomic mass is 16.2. The van der Waals surface area contributed by atoms with Crippen LogP contribution in [0.5, 0.6) is 0 Å². The van der Waals surface area contributed by atoms with Gasteiger partial charge in [-0.15, -0.1) is 0 Å². The number of aldehydes is 1. The number of nitrogens with zero attached hydrogens (tertiary/aromatic N) is 2. The summed E-state index contributed by atoms with van der Waals surface area (Å²) >= 11 is 0. The molecule has 0 bridgehead atoms. The van der Waals surface area contributed by atoms with Crippen LogP contribution in [0.15, 0.2) is 18.2 Å². The van der Waals surface area contributed by atoms with Crippen molar-refractivity contribution in [3.63, 3.8) is 0 Å². The van der Waals surface area contributed by atoms with E-state index >= 15 is 0 Å². The molecule has 0 aromatic heterocycles. The zero-order valence-electron chi connectivity index (χ0n) is 10.00. The Labute approximate surface area is 109 Å². The minimum Gasteiger partial charge on any atom is -0.368 e. The Bertz CT molecular complexity index is 547. The number of nitrogens with two attached hydrogens (primary N) is 2. The van der Waals surface area contributed by atoms with E-state index in [1.165, 1.54) is 23.1 Å². The molecule has 0 atom stereocenters. The van der Waals surface area contributed by atoms with E-state index in [2.05, 4.69) is 0 Å². The highest BCUT2D eigenvalue weighted by Gasteiger charge is 2.16. The average molecular weight is 260 g/mol. The molecule has 0 unspecified atom stereocenters. The second-order valence-electron chi connectivity index (χ2n) is 3.79. The number of anilines is 1. The first-order valence-electron chi connectivity index (χ1n) is 5.28. The molecular weight excluding hydrogens is 248 g/mol. The number of rotatable bonds is 6. The van der Waals surface area contributed by atoms with Crippen LogP contribution >= 0.6 is 0 Å². The van der Waals surface area contributed by atoms with Crippen molar-refractivity contribution in [1.82, 2.24) is 0 Å². The summed E-state index contributed by atoms with van der Waals surface area (Å²) in [6.07, 6.45) is 0.594. The molecule has 0 aliphatic heterocycles. The standard InChI is InChI=1S/C12H12N4O3/c13-4-9-3-8(7-17)1-2-10(9)16(5-11(14)18)6-12(15)19/h1-3,7H,5-6H2,(H2,14,18)(H2,15,19). The second-order valence-corrected chi connectivity index (χ2v) is 3.79. The van der Waals surface area contributed by atoms with Gasteiger partial charge in [0, 0.05) is 5.56 Å². The number of nitriles is 1. The summed E-state index contributed by atoms with van der Waals surface area (Å²) in [5.74, 6) is -1.32. The number of hydrogen-bond donors (Lipinski definition) is 2. The molecule has 0 aliphatic rings. The molecule has 0 aliphatic carbocycles. The van der Waals surface area contributed by atoms with Crippen LogP contribution in [0, 0.1) is 11.3 Å². The number of hydrogen-bond acceptors (Lipinski definition) is 5. The van der Waals surface area contributed by atoms with Gasteiger partial charge in [-0.3, -0.25) is 14.4 Å². The van der Waals surface area contributed by atoms with Gasteiger partial charge in [0.2, 0.25) is 11.8 Å². The van der Waals surface area contributed by atoms with Gasteiger partial charge in [-0.1, -0.05) is 0 Å². The van der Waals surface area contributed by atoms with Crippen LogP contribution in [0.4, 0.5) is 5.69 Å². The van der Waals surface area contributed by atoms with E-state index < -0.39 is 11.8 Å². The van der Waals surface area contributed by atoms with Crippen molar-refractivity contribution in [3.05, 3.63) is 29.3 Å². The van der Waals surface area contributed by atoms with E-state index in [0.717, 1.165) is 0 Å². The lowest BCUT2D eigenvalue weighted by molar-refractivity contribution is -0.117. The fraction of sp³-hybridized carbons (Fsp3) is 0.167. The molecule has 7 heteroatoms. The summed E-state index contributed by atoms with van der Waals surface area (Å²) in [5.41, 5.74) is 11.0. The van der Waals surface area contributed by atoms with Crippen LogP contribution in [0.3, 0.4) is 0 Å². The zero-order valence-corrected chi connectivity index (χ0v) is 10.00. The third kappa shape index (κ3) is 3.81. The van der Waals surface area contributed by atoms with Gasteiger partial charge in [-0.05, 0) is 18.2 Å². The van der Waals surface area contributed by atoms with E-state index in [1.807, 2.05) is 6.07 Å². The smallest absolute Gasteiger partial charge is 0.236 e. The van der Waals surface area contributed by atoms with Gasteiger partial charge in [0.15, 0.2) is 0 Å². The maximum atomic E-state index is 11.0. The summed E-state index contributed by atoms with van der Waals surface area (Å²) in [7, 11) is 0. The van der Waals surface area contributed by atoms with Gasteiger partial charge >= 0.3 is 0 Å². The van der Waals surface area contributed by atoms with Gasteiger partial charge in [0.05, 0.1) is 24.3 Å². The Morgan fingerprint density at radius 1 is 1.26 bits per heavy atom. The van der Waals surface area contributed by atoms with Crippen LogP contribution in [0.25, 0.3) is 0 Å². The van der Waals surface area contributed by atoms with Crippen molar-refractivity contribution in [2.24, 2.45) is 11.5 Å². The molecule has 98 valence electrons. The topological polar surface area (TPSA) is 130 Å². The molecule has 0 saturated carbocycles. The first-order valence-corrected chi connectivity index (χ1v) is 5.28. The first kappa shape index (κ1) is 14.2. The van der Waals surface area contributed by atoms with Crippen molar-refractivity contribution in [3.8, 4) is 6.07 Å². The Balaban J connectivity index is 3.21.